The molecular formula is C21H21NOS2. The highest BCUT2D eigenvalue weighted by Gasteiger charge is 1.99. The van der Waals surface area contributed by atoms with E-state index in [1.165, 1.54) is 0 Å². The average molecular weight is 368 g/mol. The summed E-state index contributed by atoms with van der Waals surface area (Å²) in [5, 5.41) is 10.9. The molecule has 0 spiro atoms. The fourth-order valence-corrected chi connectivity index (χ4v) is 3.10. The summed E-state index contributed by atoms with van der Waals surface area (Å²) in [4.78, 5) is 0. The minimum atomic E-state index is 0.544. The summed E-state index contributed by atoms with van der Waals surface area (Å²) >= 11 is 5.98. The standard InChI is InChI=1S/C21H21NOS2/c22-17-18-5-7-19(8-6-18)20-9-11-21(12-10-20)23-13-2-1-3-15-25-16-4-14-24/h1-3,5-12,15,24H,4,13-14,16H2/b2-1+,15-3+. The van der Waals surface area contributed by atoms with E-state index in [1.807, 2.05) is 66.8 Å². The van der Waals surface area contributed by atoms with Gasteiger partial charge in [0, 0.05) is 0 Å². The highest BCUT2D eigenvalue weighted by atomic mass is 32.2. The Morgan fingerprint density at radius 3 is 2.32 bits per heavy atom. The van der Waals surface area contributed by atoms with Gasteiger partial charge in [-0.1, -0.05) is 36.4 Å². The highest BCUT2D eigenvalue weighted by Crippen LogP contribution is 2.22. The van der Waals surface area contributed by atoms with Crippen LogP contribution in [0.25, 0.3) is 11.1 Å². The quantitative estimate of drug-likeness (QED) is 0.349. The predicted molar refractivity (Wildman–Crippen MR) is 111 cm³/mol. The lowest BCUT2D eigenvalue weighted by molar-refractivity contribution is 0.363. The maximum Gasteiger partial charge on any atom is 0.119 e. The topological polar surface area (TPSA) is 33.0 Å². The van der Waals surface area contributed by atoms with Crippen molar-refractivity contribution in [2.24, 2.45) is 0 Å². The van der Waals surface area contributed by atoms with Gasteiger partial charge in [-0.2, -0.15) is 17.9 Å². The van der Waals surface area contributed by atoms with Gasteiger partial charge in [0.15, 0.2) is 0 Å². The number of benzene rings is 2. The van der Waals surface area contributed by atoms with Crippen molar-refractivity contribution in [2.75, 3.05) is 18.1 Å². The summed E-state index contributed by atoms with van der Waals surface area (Å²) in [6.45, 7) is 0.544. The zero-order valence-electron chi connectivity index (χ0n) is 14.0. The van der Waals surface area contributed by atoms with Crippen LogP contribution in [0.1, 0.15) is 12.0 Å². The molecule has 0 bridgehead atoms. The first-order chi connectivity index (χ1) is 12.3. The molecule has 0 N–H and O–H groups in total. The largest absolute Gasteiger partial charge is 0.490 e. The monoisotopic (exact) mass is 367 g/mol. The van der Waals surface area contributed by atoms with E-state index in [9.17, 15) is 0 Å². The SMILES string of the molecule is N#Cc1ccc(-c2ccc(OC/C=C/C=C/SCCCS)cc2)cc1. The number of ether oxygens (including phenoxy) is 1. The Morgan fingerprint density at radius 2 is 1.68 bits per heavy atom. The molecule has 0 saturated carbocycles. The number of allylic oxidation sites excluding steroid dienone is 2. The summed E-state index contributed by atoms with van der Waals surface area (Å²) < 4.78 is 5.70. The minimum Gasteiger partial charge on any atom is -0.490 e. The van der Waals surface area contributed by atoms with Crippen LogP contribution in [0.3, 0.4) is 0 Å². The molecule has 4 heteroatoms. The van der Waals surface area contributed by atoms with Crippen molar-refractivity contribution >= 4 is 24.4 Å². The molecule has 0 saturated heterocycles. The van der Waals surface area contributed by atoms with Gasteiger partial charge in [-0.15, -0.1) is 11.8 Å². The van der Waals surface area contributed by atoms with Crippen LogP contribution in [0, 0.1) is 11.3 Å². The molecule has 128 valence electrons. The van der Waals surface area contributed by atoms with Crippen LogP contribution < -0.4 is 4.74 Å². The van der Waals surface area contributed by atoms with Gasteiger partial charge in [0.2, 0.25) is 0 Å². The summed E-state index contributed by atoms with van der Waals surface area (Å²) in [5.74, 6) is 2.89. The normalized spacial score (nSPS) is 11.0. The van der Waals surface area contributed by atoms with Gasteiger partial charge in [0.05, 0.1) is 11.6 Å². The van der Waals surface area contributed by atoms with Crippen LogP contribution in [0.4, 0.5) is 0 Å². The van der Waals surface area contributed by atoms with E-state index in [0.717, 1.165) is 34.8 Å². The third kappa shape index (κ3) is 7.13. The molecule has 0 aliphatic rings. The molecule has 0 radical (unpaired) electrons. The zero-order valence-corrected chi connectivity index (χ0v) is 15.7. The molecule has 2 nitrogen and oxygen atoms in total. The first kappa shape index (κ1) is 19.2. The van der Waals surface area contributed by atoms with Crippen molar-refractivity contribution in [3.8, 4) is 22.9 Å². The summed E-state index contributed by atoms with van der Waals surface area (Å²) in [6.07, 6.45) is 7.15. The van der Waals surface area contributed by atoms with Crippen LogP contribution >= 0.6 is 24.4 Å². The van der Waals surface area contributed by atoms with E-state index >= 15 is 0 Å². The van der Waals surface area contributed by atoms with E-state index < -0.39 is 0 Å². The molecule has 0 aliphatic heterocycles. The number of hydrogen-bond donors (Lipinski definition) is 1. The van der Waals surface area contributed by atoms with Crippen molar-refractivity contribution in [3.63, 3.8) is 0 Å². The van der Waals surface area contributed by atoms with E-state index in [4.69, 9.17) is 10.00 Å². The molecule has 0 heterocycles. The molecule has 2 aromatic rings. The van der Waals surface area contributed by atoms with Gasteiger partial charge < -0.3 is 4.74 Å². The smallest absolute Gasteiger partial charge is 0.119 e. The van der Waals surface area contributed by atoms with Crippen LogP contribution in [-0.4, -0.2) is 18.1 Å². The van der Waals surface area contributed by atoms with Crippen molar-refractivity contribution < 1.29 is 4.74 Å². The molecule has 25 heavy (non-hydrogen) atoms. The van der Waals surface area contributed by atoms with E-state index in [1.54, 1.807) is 11.8 Å². The molecule has 2 aromatic carbocycles. The molecule has 0 amide bonds. The zero-order chi connectivity index (χ0) is 17.7. The number of hydrogen-bond acceptors (Lipinski definition) is 4. The fourth-order valence-electron chi connectivity index (χ4n) is 2.08. The fraction of sp³-hybridized carbons (Fsp3) is 0.190. The second-order valence-corrected chi connectivity index (χ2v) is 6.69. The third-order valence-electron chi connectivity index (χ3n) is 3.39. The van der Waals surface area contributed by atoms with E-state index in [0.29, 0.717) is 12.2 Å². The van der Waals surface area contributed by atoms with Crippen LogP contribution in [0.15, 0.2) is 72.2 Å². The number of rotatable bonds is 9. The summed E-state index contributed by atoms with van der Waals surface area (Å²) in [7, 11) is 0. The molecule has 0 unspecified atom stereocenters. The van der Waals surface area contributed by atoms with Gasteiger partial charge in [-0.25, -0.2) is 0 Å². The minimum absolute atomic E-state index is 0.544. The van der Waals surface area contributed by atoms with Crippen LogP contribution in [-0.2, 0) is 0 Å². The van der Waals surface area contributed by atoms with Crippen molar-refractivity contribution in [3.05, 3.63) is 77.7 Å². The Labute approximate surface area is 159 Å². The van der Waals surface area contributed by atoms with Gasteiger partial charge in [0.1, 0.15) is 12.4 Å². The summed E-state index contributed by atoms with van der Waals surface area (Å²) in [6, 6.07) is 17.7. The Morgan fingerprint density at radius 1 is 1.00 bits per heavy atom. The number of nitrogens with zero attached hydrogens (tertiary/aromatic N) is 1. The molecular weight excluding hydrogens is 346 g/mol. The van der Waals surface area contributed by atoms with Crippen molar-refractivity contribution in [2.45, 2.75) is 6.42 Å². The lowest BCUT2D eigenvalue weighted by Crippen LogP contribution is -1.92. The summed E-state index contributed by atoms with van der Waals surface area (Å²) in [5.41, 5.74) is 2.86. The first-order valence-corrected chi connectivity index (χ1v) is 9.79. The number of thiol groups is 1. The maximum absolute atomic E-state index is 8.84. The number of nitriles is 1. The lowest BCUT2D eigenvalue weighted by Gasteiger charge is -2.05. The van der Waals surface area contributed by atoms with Gasteiger partial charge in [-0.3, -0.25) is 0 Å². The number of thioether (sulfide) groups is 1. The Balaban J connectivity index is 1.77. The molecule has 0 aromatic heterocycles. The first-order valence-electron chi connectivity index (χ1n) is 8.11. The van der Waals surface area contributed by atoms with E-state index in [2.05, 4.69) is 24.1 Å². The molecule has 0 aliphatic carbocycles. The Hall–Kier alpha value is -2.09. The highest BCUT2D eigenvalue weighted by molar-refractivity contribution is 8.02. The third-order valence-corrected chi connectivity index (χ3v) is 4.58. The molecule has 2 rings (SSSR count). The van der Waals surface area contributed by atoms with Crippen molar-refractivity contribution in [1.82, 2.24) is 0 Å². The second kappa shape index (κ2) is 11.5. The predicted octanol–water partition coefficient (Wildman–Crippen LogP) is 5.73. The van der Waals surface area contributed by atoms with Gasteiger partial charge in [-0.05, 0) is 64.8 Å². The van der Waals surface area contributed by atoms with Gasteiger partial charge in [0.25, 0.3) is 0 Å². The second-order valence-electron chi connectivity index (χ2n) is 5.23. The molecule has 0 fully saturated rings. The Kier molecular flexibility index (Phi) is 8.82. The Bertz CT molecular complexity index is 728. The average Bonchev–Trinajstić information content (AvgIpc) is 2.67. The lowest BCUT2D eigenvalue weighted by atomic mass is 10.0. The molecule has 0 atom stereocenters. The van der Waals surface area contributed by atoms with Crippen molar-refractivity contribution in [1.29, 1.82) is 5.26 Å². The van der Waals surface area contributed by atoms with Crippen LogP contribution in [0.5, 0.6) is 5.75 Å². The maximum atomic E-state index is 8.84. The van der Waals surface area contributed by atoms with E-state index in [-0.39, 0.29) is 0 Å². The van der Waals surface area contributed by atoms with Gasteiger partial charge >= 0.3 is 0 Å². The van der Waals surface area contributed by atoms with Crippen LogP contribution in [0.2, 0.25) is 0 Å².